The molecular formula is C20H19FN2O3S. The summed E-state index contributed by atoms with van der Waals surface area (Å²) in [4.78, 5) is 12.6. The van der Waals surface area contributed by atoms with Crippen LogP contribution in [0.2, 0.25) is 0 Å². The smallest absolute Gasteiger partial charge is 0.222 e. The number of rotatable bonds is 6. The summed E-state index contributed by atoms with van der Waals surface area (Å²) in [6.45, 7) is 0.649. The Morgan fingerprint density at radius 2 is 2.19 bits per heavy atom. The number of aromatic nitrogens is 1. The van der Waals surface area contributed by atoms with Crippen LogP contribution in [-0.2, 0) is 22.7 Å². The van der Waals surface area contributed by atoms with E-state index in [1.807, 2.05) is 40.5 Å². The Morgan fingerprint density at radius 3 is 2.96 bits per heavy atom. The van der Waals surface area contributed by atoms with Crippen LogP contribution in [0.15, 0.2) is 53.5 Å². The molecular weight excluding hydrogens is 367 g/mol. The van der Waals surface area contributed by atoms with Gasteiger partial charge >= 0.3 is 0 Å². The number of carbonyl (C=O) groups is 1. The van der Waals surface area contributed by atoms with E-state index in [0.29, 0.717) is 29.9 Å². The summed E-state index contributed by atoms with van der Waals surface area (Å²) >= 11 is 1.60. The van der Waals surface area contributed by atoms with Crippen LogP contribution in [-0.4, -0.2) is 17.3 Å². The summed E-state index contributed by atoms with van der Waals surface area (Å²) < 4.78 is 26.5. The Kier molecular flexibility index (Phi) is 5.22. The van der Waals surface area contributed by atoms with Crippen molar-refractivity contribution in [2.45, 2.75) is 25.6 Å². The van der Waals surface area contributed by atoms with Crippen molar-refractivity contribution < 1.29 is 18.7 Å². The average Bonchev–Trinajstić information content (AvgIpc) is 3.38. The molecule has 0 radical (unpaired) electrons. The Hall–Kier alpha value is -2.64. The van der Waals surface area contributed by atoms with Gasteiger partial charge in [0.2, 0.25) is 5.91 Å². The zero-order valence-corrected chi connectivity index (χ0v) is 15.4. The standard InChI is InChI=1S/C20H19FN2O3S/c21-17-7-15(20-16(8-17)11-25-13-26-20)10-22-19(24)9-18(14-3-6-27-12-14)23-4-1-2-5-23/h1-8,12,18H,9-11,13H2,(H,22,24)/t18-/m0/s1. The first-order valence-corrected chi connectivity index (χ1v) is 9.58. The van der Waals surface area contributed by atoms with Crippen molar-refractivity contribution in [2.24, 2.45) is 0 Å². The number of hydrogen-bond acceptors (Lipinski definition) is 4. The van der Waals surface area contributed by atoms with Gasteiger partial charge < -0.3 is 19.4 Å². The normalized spacial score (nSPS) is 14.3. The number of fused-ring (bicyclic) bond motifs is 1. The lowest BCUT2D eigenvalue weighted by Crippen LogP contribution is -2.27. The van der Waals surface area contributed by atoms with Crippen molar-refractivity contribution in [3.63, 3.8) is 0 Å². The minimum Gasteiger partial charge on any atom is -0.467 e. The third-order valence-corrected chi connectivity index (χ3v) is 5.22. The fourth-order valence-electron chi connectivity index (χ4n) is 3.25. The second-order valence-electron chi connectivity index (χ2n) is 6.35. The van der Waals surface area contributed by atoms with Gasteiger partial charge in [-0.2, -0.15) is 11.3 Å². The van der Waals surface area contributed by atoms with Crippen LogP contribution in [0.5, 0.6) is 5.75 Å². The summed E-state index contributed by atoms with van der Waals surface area (Å²) in [5.74, 6) is 0.128. The van der Waals surface area contributed by atoms with Gasteiger partial charge in [-0.05, 0) is 46.7 Å². The maximum absolute atomic E-state index is 13.8. The van der Waals surface area contributed by atoms with E-state index in [9.17, 15) is 9.18 Å². The molecule has 0 aliphatic carbocycles. The Labute approximate surface area is 160 Å². The largest absolute Gasteiger partial charge is 0.467 e. The molecule has 7 heteroatoms. The van der Waals surface area contributed by atoms with Crippen LogP contribution >= 0.6 is 11.3 Å². The molecule has 0 saturated carbocycles. The molecule has 27 heavy (non-hydrogen) atoms. The molecule has 0 saturated heterocycles. The minimum absolute atomic E-state index is 0.0719. The number of benzene rings is 1. The highest BCUT2D eigenvalue weighted by atomic mass is 32.1. The fourth-order valence-corrected chi connectivity index (χ4v) is 3.95. The van der Waals surface area contributed by atoms with Crippen molar-refractivity contribution >= 4 is 17.2 Å². The highest BCUT2D eigenvalue weighted by Crippen LogP contribution is 2.29. The topological polar surface area (TPSA) is 52.5 Å². The summed E-state index contributed by atoms with van der Waals surface area (Å²) in [6.07, 6.45) is 4.20. The van der Waals surface area contributed by atoms with Crippen LogP contribution < -0.4 is 10.1 Å². The molecule has 1 aromatic carbocycles. The number of carbonyl (C=O) groups excluding carboxylic acids is 1. The van der Waals surface area contributed by atoms with Gasteiger partial charge in [-0.25, -0.2) is 4.39 Å². The van der Waals surface area contributed by atoms with Crippen molar-refractivity contribution in [3.8, 4) is 5.75 Å². The predicted octanol–water partition coefficient (Wildman–Crippen LogP) is 3.85. The Balaban J connectivity index is 1.46. The third-order valence-electron chi connectivity index (χ3n) is 4.52. The van der Waals surface area contributed by atoms with Gasteiger partial charge in [-0.1, -0.05) is 0 Å². The molecule has 4 rings (SSSR count). The molecule has 5 nitrogen and oxygen atoms in total. The van der Waals surface area contributed by atoms with E-state index in [1.54, 1.807) is 11.3 Å². The molecule has 1 aliphatic heterocycles. The van der Waals surface area contributed by atoms with Gasteiger partial charge in [0.05, 0.1) is 19.1 Å². The van der Waals surface area contributed by atoms with Gasteiger partial charge in [0.15, 0.2) is 6.79 Å². The van der Waals surface area contributed by atoms with E-state index in [-0.39, 0.29) is 31.1 Å². The van der Waals surface area contributed by atoms with E-state index < -0.39 is 0 Å². The quantitative estimate of drug-likeness (QED) is 0.700. The van der Waals surface area contributed by atoms with E-state index >= 15 is 0 Å². The number of ether oxygens (including phenoxy) is 2. The number of nitrogens with one attached hydrogen (secondary N) is 1. The zero-order valence-electron chi connectivity index (χ0n) is 14.6. The van der Waals surface area contributed by atoms with Gasteiger partial charge in [-0.15, -0.1) is 0 Å². The first kappa shape index (κ1) is 17.8. The van der Waals surface area contributed by atoms with Crippen molar-refractivity contribution in [1.82, 2.24) is 9.88 Å². The molecule has 0 bridgehead atoms. The lowest BCUT2D eigenvalue weighted by molar-refractivity contribution is -0.121. The maximum atomic E-state index is 13.8. The maximum Gasteiger partial charge on any atom is 0.222 e. The number of nitrogens with zero attached hydrogens (tertiary/aromatic N) is 1. The van der Waals surface area contributed by atoms with E-state index in [0.717, 1.165) is 5.56 Å². The molecule has 3 aromatic rings. The zero-order chi connectivity index (χ0) is 18.6. The molecule has 2 aromatic heterocycles. The summed E-state index contributed by atoms with van der Waals surface area (Å²) in [5.41, 5.74) is 2.37. The molecule has 0 spiro atoms. The van der Waals surface area contributed by atoms with Crippen LogP contribution in [0.1, 0.15) is 29.2 Å². The summed E-state index contributed by atoms with van der Waals surface area (Å²) in [7, 11) is 0. The predicted molar refractivity (Wildman–Crippen MR) is 100 cm³/mol. The first-order chi connectivity index (χ1) is 13.2. The third kappa shape index (κ3) is 4.04. The fraction of sp³-hybridized carbons (Fsp3) is 0.250. The van der Waals surface area contributed by atoms with Gasteiger partial charge in [0, 0.05) is 30.1 Å². The number of amides is 1. The van der Waals surface area contributed by atoms with Gasteiger partial charge in [0.1, 0.15) is 11.6 Å². The molecule has 1 amide bonds. The van der Waals surface area contributed by atoms with Gasteiger partial charge in [-0.3, -0.25) is 4.79 Å². The van der Waals surface area contributed by atoms with Crippen LogP contribution in [0, 0.1) is 5.82 Å². The lowest BCUT2D eigenvalue weighted by atomic mass is 10.1. The highest BCUT2D eigenvalue weighted by molar-refractivity contribution is 7.08. The first-order valence-electron chi connectivity index (χ1n) is 8.64. The molecule has 1 aliphatic rings. The van der Waals surface area contributed by atoms with Gasteiger partial charge in [0.25, 0.3) is 0 Å². The second-order valence-corrected chi connectivity index (χ2v) is 7.13. The monoisotopic (exact) mass is 386 g/mol. The molecule has 140 valence electrons. The lowest BCUT2D eigenvalue weighted by Gasteiger charge is -2.21. The number of thiophene rings is 1. The summed E-state index contributed by atoms with van der Waals surface area (Å²) in [5, 5.41) is 6.95. The van der Waals surface area contributed by atoms with Crippen molar-refractivity contribution in [1.29, 1.82) is 0 Å². The highest BCUT2D eigenvalue weighted by Gasteiger charge is 2.20. The van der Waals surface area contributed by atoms with Crippen LogP contribution in [0.4, 0.5) is 4.39 Å². The van der Waals surface area contributed by atoms with Crippen molar-refractivity contribution in [2.75, 3.05) is 6.79 Å². The molecule has 3 heterocycles. The molecule has 0 unspecified atom stereocenters. The Morgan fingerprint density at radius 1 is 1.33 bits per heavy atom. The Bertz CT molecular complexity index is 875. The van der Waals surface area contributed by atoms with Crippen LogP contribution in [0.3, 0.4) is 0 Å². The average molecular weight is 386 g/mol. The van der Waals surface area contributed by atoms with E-state index in [1.165, 1.54) is 12.1 Å². The minimum atomic E-state index is -0.365. The van der Waals surface area contributed by atoms with Crippen LogP contribution in [0.25, 0.3) is 0 Å². The molecule has 1 atom stereocenters. The van der Waals surface area contributed by atoms with E-state index in [4.69, 9.17) is 9.47 Å². The summed E-state index contributed by atoms with van der Waals surface area (Å²) in [6, 6.07) is 8.63. The number of hydrogen-bond donors (Lipinski definition) is 1. The molecule has 0 fully saturated rings. The number of halogens is 1. The SMILES string of the molecule is O=C(C[C@@H](c1ccsc1)n1cccc1)NCc1cc(F)cc2c1OCOC2. The van der Waals surface area contributed by atoms with Crippen molar-refractivity contribution in [3.05, 3.63) is 76.0 Å². The second kappa shape index (κ2) is 7.94. The molecule has 1 N–H and O–H groups in total. The van der Waals surface area contributed by atoms with E-state index in [2.05, 4.69) is 10.7 Å².